The van der Waals surface area contributed by atoms with Gasteiger partial charge in [-0.05, 0) is 41.7 Å². The van der Waals surface area contributed by atoms with Crippen molar-refractivity contribution in [3.05, 3.63) is 71.7 Å². The van der Waals surface area contributed by atoms with Crippen LogP contribution in [-0.2, 0) is 11.8 Å². The van der Waals surface area contributed by atoms with Crippen molar-refractivity contribution in [2.45, 2.75) is 32.6 Å². The third kappa shape index (κ3) is 4.57. The van der Waals surface area contributed by atoms with Gasteiger partial charge in [0.2, 0.25) is 5.91 Å². The Morgan fingerprint density at radius 1 is 1.11 bits per heavy atom. The zero-order chi connectivity index (χ0) is 19.4. The van der Waals surface area contributed by atoms with E-state index >= 15 is 0 Å². The van der Waals surface area contributed by atoms with E-state index in [2.05, 4.69) is 42.1 Å². The Bertz CT molecular complexity index is 912. The Kier molecular flexibility index (Phi) is 5.94. The van der Waals surface area contributed by atoms with Crippen LogP contribution in [0, 0.1) is 11.7 Å². The van der Waals surface area contributed by atoms with Gasteiger partial charge in [-0.15, -0.1) is 0 Å². The van der Waals surface area contributed by atoms with Gasteiger partial charge in [0.1, 0.15) is 5.82 Å². The molecule has 1 amide bonds. The molecule has 3 aromatic rings. The SMILES string of the molecule is CC(C)CCNC(=O)CC(c1ccc(F)cc1)c1cn(C)c2ccccc12. The number of para-hydroxylation sites is 1. The maximum atomic E-state index is 13.4. The summed E-state index contributed by atoms with van der Waals surface area (Å²) in [4.78, 5) is 12.6. The number of halogens is 1. The molecule has 0 saturated carbocycles. The van der Waals surface area contributed by atoms with Crippen LogP contribution in [0.2, 0.25) is 0 Å². The van der Waals surface area contributed by atoms with Crippen LogP contribution in [0.3, 0.4) is 0 Å². The second kappa shape index (κ2) is 8.38. The Hall–Kier alpha value is -2.62. The molecule has 1 unspecified atom stereocenters. The molecule has 4 heteroatoms. The third-order valence-corrected chi connectivity index (χ3v) is 5.01. The monoisotopic (exact) mass is 366 g/mol. The van der Waals surface area contributed by atoms with Crippen LogP contribution in [0.25, 0.3) is 10.9 Å². The topological polar surface area (TPSA) is 34.0 Å². The highest BCUT2D eigenvalue weighted by molar-refractivity contribution is 5.86. The van der Waals surface area contributed by atoms with Gasteiger partial charge < -0.3 is 9.88 Å². The predicted molar refractivity (Wildman–Crippen MR) is 108 cm³/mol. The van der Waals surface area contributed by atoms with Crippen LogP contribution < -0.4 is 5.32 Å². The van der Waals surface area contributed by atoms with E-state index in [1.807, 2.05) is 19.2 Å². The summed E-state index contributed by atoms with van der Waals surface area (Å²) in [6, 6.07) is 14.7. The Morgan fingerprint density at radius 2 is 1.81 bits per heavy atom. The minimum atomic E-state index is -0.267. The molecule has 3 rings (SSSR count). The third-order valence-electron chi connectivity index (χ3n) is 5.01. The van der Waals surface area contributed by atoms with Crippen molar-refractivity contribution in [1.29, 1.82) is 0 Å². The number of rotatable bonds is 7. The minimum absolute atomic E-state index is 0.0258. The lowest BCUT2D eigenvalue weighted by Crippen LogP contribution is -2.27. The first-order chi connectivity index (χ1) is 13.0. The number of nitrogens with one attached hydrogen (secondary N) is 1. The molecule has 0 saturated heterocycles. The zero-order valence-electron chi connectivity index (χ0n) is 16.2. The van der Waals surface area contributed by atoms with Crippen molar-refractivity contribution in [2.75, 3.05) is 6.54 Å². The van der Waals surface area contributed by atoms with Gasteiger partial charge >= 0.3 is 0 Å². The maximum absolute atomic E-state index is 13.4. The number of aromatic nitrogens is 1. The van der Waals surface area contributed by atoms with Gasteiger partial charge in [0, 0.05) is 43.0 Å². The highest BCUT2D eigenvalue weighted by atomic mass is 19.1. The van der Waals surface area contributed by atoms with Gasteiger partial charge in [0.05, 0.1) is 0 Å². The number of benzene rings is 2. The number of amides is 1. The van der Waals surface area contributed by atoms with Gasteiger partial charge in [0.15, 0.2) is 0 Å². The lowest BCUT2D eigenvalue weighted by Gasteiger charge is -2.17. The van der Waals surface area contributed by atoms with Crippen molar-refractivity contribution >= 4 is 16.8 Å². The van der Waals surface area contributed by atoms with Gasteiger partial charge in [-0.3, -0.25) is 4.79 Å². The maximum Gasteiger partial charge on any atom is 0.220 e. The summed E-state index contributed by atoms with van der Waals surface area (Å²) in [6.45, 7) is 4.97. The van der Waals surface area contributed by atoms with E-state index in [1.165, 1.54) is 12.1 Å². The van der Waals surface area contributed by atoms with Crippen LogP contribution in [0.5, 0.6) is 0 Å². The summed E-state index contributed by atoms with van der Waals surface area (Å²) in [6.07, 6.45) is 3.39. The highest BCUT2D eigenvalue weighted by Gasteiger charge is 2.22. The van der Waals surface area contributed by atoms with Crippen molar-refractivity contribution in [2.24, 2.45) is 13.0 Å². The standard InChI is InChI=1S/C23H27FN2O/c1-16(2)12-13-25-23(27)14-20(17-8-10-18(24)11-9-17)21-15-26(3)22-7-5-4-6-19(21)22/h4-11,15-16,20H,12-14H2,1-3H3,(H,25,27). The van der Waals surface area contributed by atoms with Gasteiger partial charge in [-0.1, -0.05) is 44.2 Å². The van der Waals surface area contributed by atoms with Crippen molar-refractivity contribution in [3.8, 4) is 0 Å². The molecule has 27 heavy (non-hydrogen) atoms. The van der Waals surface area contributed by atoms with E-state index in [0.29, 0.717) is 18.9 Å². The first-order valence-corrected chi connectivity index (χ1v) is 9.52. The number of hydrogen-bond acceptors (Lipinski definition) is 1. The molecule has 0 fully saturated rings. The number of fused-ring (bicyclic) bond motifs is 1. The van der Waals surface area contributed by atoms with Crippen molar-refractivity contribution in [3.63, 3.8) is 0 Å². The summed E-state index contributed by atoms with van der Waals surface area (Å²) in [7, 11) is 2.01. The lowest BCUT2D eigenvalue weighted by atomic mass is 9.88. The molecule has 1 aromatic heterocycles. The number of carbonyl (C=O) groups is 1. The van der Waals surface area contributed by atoms with Crippen LogP contribution in [0.1, 0.15) is 43.7 Å². The second-order valence-electron chi connectivity index (χ2n) is 7.55. The Balaban J connectivity index is 1.92. The fourth-order valence-electron chi connectivity index (χ4n) is 3.51. The number of carbonyl (C=O) groups excluding carboxylic acids is 1. The Labute approximate surface area is 160 Å². The largest absolute Gasteiger partial charge is 0.356 e. The molecule has 0 spiro atoms. The predicted octanol–water partition coefficient (Wildman–Crippen LogP) is 5.00. The molecule has 0 bridgehead atoms. The van der Waals surface area contributed by atoms with Crippen molar-refractivity contribution < 1.29 is 9.18 Å². The number of aryl methyl sites for hydroxylation is 1. The molecule has 0 aliphatic heterocycles. The van der Waals surface area contributed by atoms with E-state index < -0.39 is 0 Å². The molecular formula is C23H27FN2O. The molecule has 142 valence electrons. The molecular weight excluding hydrogens is 339 g/mol. The van der Waals surface area contributed by atoms with Crippen LogP contribution in [-0.4, -0.2) is 17.0 Å². The van der Waals surface area contributed by atoms with E-state index in [4.69, 9.17) is 0 Å². The fourth-order valence-corrected chi connectivity index (χ4v) is 3.51. The molecule has 1 atom stereocenters. The molecule has 1 heterocycles. The number of nitrogens with zero attached hydrogens (tertiary/aromatic N) is 1. The normalized spacial score (nSPS) is 12.5. The van der Waals surface area contributed by atoms with Gasteiger partial charge in [-0.2, -0.15) is 0 Å². The quantitative estimate of drug-likeness (QED) is 0.627. The van der Waals surface area contributed by atoms with Crippen LogP contribution in [0.4, 0.5) is 4.39 Å². The Morgan fingerprint density at radius 3 is 2.52 bits per heavy atom. The average Bonchev–Trinajstić information content (AvgIpc) is 2.97. The lowest BCUT2D eigenvalue weighted by molar-refractivity contribution is -0.121. The van der Waals surface area contributed by atoms with Gasteiger partial charge in [-0.25, -0.2) is 4.39 Å². The fraction of sp³-hybridized carbons (Fsp3) is 0.348. The molecule has 0 radical (unpaired) electrons. The summed E-state index contributed by atoms with van der Waals surface area (Å²) in [5.74, 6) is 0.196. The van der Waals surface area contributed by atoms with Crippen molar-refractivity contribution in [1.82, 2.24) is 9.88 Å². The summed E-state index contributed by atoms with van der Waals surface area (Å²) >= 11 is 0. The summed E-state index contributed by atoms with van der Waals surface area (Å²) in [5.41, 5.74) is 3.17. The molecule has 3 nitrogen and oxygen atoms in total. The molecule has 0 aliphatic carbocycles. The first kappa shape index (κ1) is 19.2. The second-order valence-corrected chi connectivity index (χ2v) is 7.55. The average molecular weight is 366 g/mol. The van der Waals surface area contributed by atoms with E-state index in [9.17, 15) is 9.18 Å². The molecule has 2 aromatic carbocycles. The zero-order valence-corrected chi connectivity index (χ0v) is 16.2. The van der Waals surface area contributed by atoms with Crippen LogP contribution >= 0.6 is 0 Å². The van der Waals surface area contributed by atoms with Gasteiger partial charge in [0.25, 0.3) is 0 Å². The highest BCUT2D eigenvalue weighted by Crippen LogP contribution is 2.34. The van der Waals surface area contributed by atoms with E-state index in [0.717, 1.165) is 28.5 Å². The van der Waals surface area contributed by atoms with E-state index in [-0.39, 0.29) is 17.6 Å². The van der Waals surface area contributed by atoms with Crippen LogP contribution in [0.15, 0.2) is 54.7 Å². The van der Waals surface area contributed by atoms with E-state index in [1.54, 1.807) is 12.1 Å². The first-order valence-electron chi connectivity index (χ1n) is 9.52. The molecule has 0 aliphatic rings. The summed E-state index contributed by atoms with van der Waals surface area (Å²) in [5, 5.41) is 4.16. The number of hydrogen-bond donors (Lipinski definition) is 1. The summed E-state index contributed by atoms with van der Waals surface area (Å²) < 4.78 is 15.5. The molecule has 1 N–H and O–H groups in total. The smallest absolute Gasteiger partial charge is 0.220 e. The minimum Gasteiger partial charge on any atom is -0.356 e.